The van der Waals surface area contributed by atoms with Gasteiger partial charge < -0.3 is 9.47 Å². The standard InChI is InChI=1S/C8H12O3/c1-5-4-10-6(2)8(5)11-7(3)9/h5,8H,2,4H2,1,3H3. The van der Waals surface area contributed by atoms with Crippen LogP contribution in [0.4, 0.5) is 0 Å². The zero-order valence-electron chi connectivity index (χ0n) is 6.79. The molecule has 0 spiro atoms. The van der Waals surface area contributed by atoms with E-state index in [1.807, 2.05) is 6.92 Å². The molecule has 0 amide bonds. The first-order chi connectivity index (χ1) is 5.11. The van der Waals surface area contributed by atoms with Crippen LogP contribution in [0.2, 0.25) is 0 Å². The van der Waals surface area contributed by atoms with E-state index in [-0.39, 0.29) is 18.0 Å². The van der Waals surface area contributed by atoms with Crippen molar-refractivity contribution in [1.29, 1.82) is 0 Å². The Morgan fingerprint density at radius 1 is 1.82 bits per heavy atom. The lowest BCUT2D eigenvalue weighted by molar-refractivity contribution is -0.145. The Kier molecular flexibility index (Phi) is 2.17. The highest BCUT2D eigenvalue weighted by Gasteiger charge is 2.31. The monoisotopic (exact) mass is 156 g/mol. The molecule has 1 saturated heterocycles. The molecule has 3 heteroatoms. The molecular weight excluding hydrogens is 144 g/mol. The highest BCUT2D eigenvalue weighted by Crippen LogP contribution is 2.24. The van der Waals surface area contributed by atoms with Gasteiger partial charge in [-0.05, 0) is 0 Å². The molecule has 0 bridgehead atoms. The van der Waals surface area contributed by atoms with Gasteiger partial charge >= 0.3 is 5.97 Å². The molecule has 3 nitrogen and oxygen atoms in total. The summed E-state index contributed by atoms with van der Waals surface area (Å²) >= 11 is 0. The van der Waals surface area contributed by atoms with Gasteiger partial charge in [0.15, 0.2) is 6.10 Å². The number of hydrogen-bond donors (Lipinski definition) is 0. The summed E-state index contributed by atoms with van der Waals surface area (Å²) in [5.74, 6) is 0.507. The minimum Gasteiger partial charge on any atom is -0.494 e. The Morgan fingerprint density at radius 3 is 2.82 bits per heavy atom. The fourth-order valence-corrected chi connectivity index (χ4v) is 1.09. The Labute approximate surface area is 66.0 Å². The third-order valence-corrected chi connectivity index (χ3v) is 1.66. The molecule has 1 aliphatic heterocycles. The second-order valence-corrected chi connectivity index (χ2v) is 2.78. The van der Waals surface area contributed by atoms with Crippen LogP contribution in [0.3, 0.4) is 0 Å². The third kappa shape index (κ3) is 1.73. The van der Waals surface area contributed by atoms with E-state index < -0.39 is 0 Å². The Morgan fingerprint density at radius 2 is 2.45 bits per heavy atom. The molecular formula is C8H12O3. The lowest BCUT2D eigenvalue weighted by Crippen LogP contribution is -2.20. The Balaban J connectivity index is 2.54. The lowest BCUT2D eigenvalue weighted by Gasteiger charge is -2.12. The van der Waals surface area contributed by atoms with Gasteiger partial charge in [0.1, 0.15) is 5.76 Å². The predicted octanol–water partition coefficient (Wildman–Crippen LogP) is 1.10. The summed E-state index contributed by atoms with van der Waals surface area (Å²) < 4.78 is 10.1. The van der Waals surface area contributed by atoms with E-state index >= 15 is 0 Å². The van der Waals surface area contributed by atoms with E-state index in [1.54, 1.807) is 0 Å². The average Bonchev–Trinajstić information content (AvgIpc) is 2.18. The molecule has 11 heavy (non-hydrogen) atoms. The molecule has 62 valence electrons. The van der Waals surface area contributed by atoms with Crippen LogP contribution < -0.4 is 0 Å². The topological polar surface area (TPSA) is 35.5 Å². The van der Waals surface area contributed by atoms with Gasteiger partial charge in [0.05, 0.1) is 6.61 Å². The van der Waals surface area contributed by atoms with Crippen molar-refractivity contribution in [3.8, 4) is 0 Å². The first-order valence-corrected chi connectivity index (χ1v) is 3.60. The quantitative estimate of drug-likeness (QED) is 0.533. The SMILES string of the molecule is C=C1OCC(C)C1OC(C)=O. The van der Waals surface area contributed by atoms with Crippen molar-refractivity contribution < 1.29 is 14.3 Å². The molecule has 1 fully saturated rings. The molecule has 2 unspecified atom stereocenters. The molecule has 0 N–H and O–H groups in total. The summed E-state index contributed by atoms with van der Waals surface area (Å²) in [4.78, 5) is 10.6. The number of carbonyl (C=O) groups excluding carboxylic acids is 1. The zero-order valence-corrected chi connectivity index (χ0v) is 6.79. The van der Waals surface area contributed by atoms with Crippen molar-refractivity contribution in [1.82, 2.24) is 0 Å². The van der Waals surface area contributed by atoms with Crippen molar-refractivity contribution in [3.05, 3.63) is 12.3 Å². The number of carbonyl (C=O) groups is 1. The average molecular weight is 156 g/mol. The van der Waals surface area contributed by atoms with Crippen LogP contribution in [-0.2, 0) is 14.3 Å². The van der Waals surface area contributed by atoms with Crippen molar-refractivity contribution in [2.24, 2.45) is 5.92 Å². The Hall–Kier alpha value is -0.990. The van der Waals surface area contributed by atoms with Gasteiger partial charge in [-0.25, -0.2) is 0 Å². The molecule has 0 saturated carbocycles. The molecule has 1 heterocycles. The lowest BCUT2D eigenvalue weighted by atomic mass is 10.1. The van der Waals surface area contributed by atoms with E-state index in [1.165, 1.54) is 6.92 Å². The van der Waals surface area contributed by atoms with Crippen LogP contribution >= 0.6 is 0 Å². The largest absolute Gasteiger partial charge is 0.494 e. The first kappa shape index (κ1) is 8.11. The second kappa shape index (κ2) is 2.95. The van der Waals surface area contributed by atoms with Crippen LogP contribution in [0.15, 0.2) is 12.3 Å². The predicted molar refractivity (Wildman–Crippen MR) is 39.8 cm³/mol. The van der Waals surface area contributed by atoms with Crippen LogP contribution in [0.5, 0.6) is 0 Å². The van der Waals surface area contributed by atoms with Gasteiger partial charge in [0.25, 0.3) is 0 Å². The summed E-state index contributed by atoms with van der Waals surface area (Å²) in [6.07, 6.45) is -0.243. The fourth-order valence-electron chi connectivity index (χ4n) is 1.09. The van der Waals surface area contributed by atoms with E-state index in [2.05, 4.69) is 6.58 Å². The molecule has 1 rings (SSSR count). The zero-order chi connectivity index (χ0) is 8.43. The van der Waals surface area contributed by atoms with E-state index in [4.69, 9.17) is 9.47 Å². The molecule has 0 aromatic heterocycles. The van der Waals surface area contributed by atoms with Gasteiger partial charge in [-0.1, -0.05) is 13.5 Å². The number of rotatable bonds is 1. The summed E-state index contributed by atoms with van der Waals surface area (Å²) in [5.41, 5.74) is 0. The maximum absolute atomic E-state index is 10.6. The van der Waals surface area contributed by atoms with Crippen molar-refractivity contribution >= 4 is 5.97 Å². The van der Waals surface area contributed by atoms with E-state index in [0.717, 1.165) is 0 Å². The third-order valence-electron chi connectivity index (χ3n) is 1.66. The number of ether oxygens (including phenoxy) is 2. The molecule has 0 aromatic carbocycles. The summed E-state index contributed by atoms with van der Waals surface area (Å²) in [7, 11) is 0. The van der Waals surface area contributed by atoms with Gasteiger partial charge in [-0.3, -0.25) is 4.79 Å². The van der Waals surface area contributed by atoms with Crippen molar-refractivity contribution in [2.45, 2.75) is 20.0 Å². The van der Waals surface area contributed by atoms with Crippen LogP contribution in [0, 0.1) is 5.92 Å². The summed E-state index contributed by atoms with van der Waals surface area (Å²) in [6.45, 7) is 7.58. The van der Waals surface area contributed by atoms with Gasteiger partial charge in [0, 0.05) is 12.8 Å². The first-order valence-electron chi connectivity index (χ1n) is 3.60. The number of esters is 1. The smallest absolute Gasteiger partial charge is 0.303 e. The molecule has 1 aliphatic rings. The second-order valence-electron chi connectivity index (χ2n) is 2.78. The highest BCUT2D eigenvalue weighted by atomic mass is 16.6. The minimum atomic E-state index is -0.284. The van der Waals surface area contributed by atoms with E-state index in [9.17, 15) is 4.79 Å². The van der Waals surface area contributed by atoms with Crippen LogP contribution in [-0.4, -0.2) is 18.7 Å². The van der Waals surface area contributed by atoms with Gasteiger partial charge in [0.2, 0.25) is 0 Å². The van der Waals surface area contributed by atoms with Crippen molar-refractivity contribution in [2.75, 3.05) is 6.61 Å². The van der Waals surface area contributed by atoms with Crippen molar-refractivity contribution in [3.63, 3.8) is 0 Å². The number of hydrogen-bond acceptors (Lipinski definition) is 3. The normalized spacial score (nSPS) is 29.8. The maximum atomic E-state index is 10.6. The maximum Gasteiger partial charge on any atom is 0.303 e. The van der Waals surface area contributed by atoms with Gasteiger partial charge in [-0.2, -0.15) is 0 Å². The Bertz CT molecular complexity index is 186. The minimum absolute atomic E-state index is 0.228. The van der Waals surface area contributed by atoms with Gasteiger partial charge in [-0.15, -0.1) is 0 Å². The molecule has 2 atom stereocenters. The van der Waals surface area contributed by atoms with Crippen LogP contribution in [0.1, 0.15) is 13.8 Å². The summed E-state index contributed by atoms with van der Waals surface area (Å²) in [5, 5.41) is 0. The fraction of sp³-hybridized carbons (Fsp3) is 0.625. The molecule has 0 aliphatic carbocycles. The molecule has 0 radical (unpaired) electrons. The summed E-state index contributed by atoms with van der Waals surface area (Å²) in [6, 6.07) is 0. The molecule has 0 aromatic rings. The highest BCUT2D eigenvalue weighted by molar-refractivity contribution is 5.66. The van der Waals surface area contributed by atoms with E-state index in [0.29, 0.717) is 12.4 Å². The van der Waals surface area contributed by atoms with Crippen LogP contribution in [0.25, 0.3) is 0 Å².